The Labute approximate surface area is 157 Å². The van der Waals surface area contributed by atoms with E-state index < -0.39 is 0 Å². The minimum atomic E-state index is 0.0327. The highest BCUT2D eigenvalue weighted by Gasteiger charge is 2.28. The van der Waals surface area contributed by atoms with Crippen LogP contribution < -0.4 is 10.2 Å². The summed E-state index contributed by atoms with van der Waals surface area (Å²) in [6, 6.07) is 7.49. The summed E-state index contributed by atoms with van der Waals surface area (Å²) in [5, 5.41) is 11.8. The summed E-state index contributed by atoms with van der Waals surface area (Å²) in [7, 11) is 0. The first kappa shape index (κ1) is 18.3. The highest BCUT2D eigenvalue weighted by Crippen LogP contribution is 2.26. The molecule has 26 heavy (non-hydrogen) atoms. The zero-order chi connectivity index (χ0) is 18.4. The highest BCUT2D eigenvalue weighted by atomic mass is 32.2. The standard InChI is InChI=1S/C18H21N5O2S/c1-26-18(20-13-19)21-14-4-6-15(7-5-14)23-8-2-3-16(17(23)24)22-9-11-25-12-10-22/h3-7H,2,8-12H2,1H3,(H,20,21). The van der Waals surface area contributed by atoms with Crippen LogP contribution >= 0.6 is 11.8 Å². The van der Waals surface area contributed by atoms with Crippen LogP contribution in [0.4, 0.5) is 11.4 Å². The monoisotopic (exact) mass is 371 g/mol. The normalized spacial score (nSPS) is 18.4. The highest BCUT2D eigenvalue weighted by molar-refractivity contribution is 8.13. The zero-order valence-electron chi connectivity index (χ0n) is 14.6. The van der Waals surface area contributed by atoms with Crippen molar-refractivity contribution in [2.45, 2.75) is 6.42 Å². The predicted molar refractivity (Wildman–Crippen MR) is 103 cm³/mol. The molecule has 0 atom stereocenters. The molecule has 3 rings (SSSR count). The van der Waals surface area contributed by atoms with Crippen molar-refractivity contribution < 1.29 is 9.53 Å². The van der Waals surface area contributed by atoms with E-state index >= 15 is 0 Å². The smallest absolute Gasteiger partial charge is 0.274 e. The molecule has 2 heterocycles. The molecule has 1 N–H and O–H groups in total. The van der Waals surface area contributed by atoms with Crippen LogP contribution in [0.3, 0.4) is 0 Å². The van der Waals surface area contributed by atoms with Gasteiger partial charge in [0, 0.05) is 25.3 Å². The van der Waals surface area contributed by atoms with Gasteiger partial charge in [0.05, 0.1) is 24.6 Å². The molecule has 8 heteroatoms. The largest absolute Gasteiger partial charge is 0.378 e. The van der Waals surface area contributed by atoms with E-state index in [4.69, 9.17) is 10.00 Å². The third kappa shape index (κ3) is 4.18. The molecule has 0 unspecified atom stereocenters. The summed E-state index contributed by atoms with van der Waals surface area (Å²) in [6.45, 7) is 3.49. The van der Waals surface area contributed by atoms with Crippen molar-refractivity contribution in [2.24, 2.45) is 4.99 Å². The molecule has 0 saturated carbocycles. The van der Waals surface area contributed by atoms with E-state index in [0.717, 1.165) is 36.6 Å². The number of carbonyl (C=O) groups excluding carboxylic acids is 1. The van der Waals surface area contributed by atoms with Crippen LogP contribution in [0.1, 0.15) is 6.42 Å². The summed E-state index contributed by atoms with van der Waals surface area (Å²) < 4.78 is 5.38. The molecule has 1 saturated heterocycles. The van der Waals surface area contributed by atoms with Gasteiger partial charge in [-0.2, -0.15) is 5.26 Å². The number of carbonyl (C=O) groups is 1. The predicted octanol–water partition coefficient (Wildman–Crippen LogP) is 2.06. The van der Waals surface area contributed by atoms with Gasteiger partial charge in [-0.05, 0) is 36.9 Å². The number of amidine groups is 1. The van der Waals surface area contributed by atoms with Crippen LogP contribution in [0.2, 0.25) is 0 Å². The van der Waals surface area contributed by atoms with E-state index in [9.17, 15) is 4.79 Å². The number of benzene rings is 1. The molecule has 0 aromatic heterocycles. The molecule has 1 aromatic rings. The molecule has 2 aliphatic heterocycles. The van der Waals surface area contributed by atoms with Crippen molar-refractivity contribution in [1.82, 2.24) is 10.2 Å². The molecule has 2 aliphatic rings. The fraction of sp³-hybridized carbons (Fsp3) is 0.389. The first-order valence-corrected chi connectivity index (χ1v) is 9.68. The molecule has 1 amide bonds. The average molecular weight is 371 g/mol. The first-order valence-electron chi connectivity index (χ1n) is 8.45. The quantitative estimate of drug-likeness (QED) is 0.379. The lowest BCUT2D eigenvalue weighted by atomic mass is 10.1. The second-order valence-electron chi connectivity index (χ2n) is 5.81. The summed E-state index contributed by atoms with van der Waals surface area (Å²) in [6.07, 6.45) is 6.58. The van der Waals surface area contributed by atoms with Gasteiger partial charge < -0.3 is 14.5 Å². The van der Waals surface area contributed by atoms with Crippen LogP contribution in [0, 0.1) is 11.5 Å². The first-order chi connectivity index (χ1) is 12.7. The number of amides is 1. The van der Waals surface area contributed by atoms with Gasteiger partial charge >= 0.3 is 0 Å². The number of nitrogens with one attached hydrogen (secondary N) is 1. The van der Waals surface area contributed by atoms with Crippen molar-refractivity contribution >= 4 is 34.2 Å². The minimum absolute atomic E-state index is 0.0327. The Morgan fingerprint density at radius 3 is 2.65 bits per heavy atom. The van der Waals surface area contributed by atoms with Gasteiger partial charge in [0.25, 0.3) is 5.91 Å². The third-order valence-corrected chi connectivity index (χ3v) is 4.83. The third-order valence-electron chi connectivity index (χ3n) is 4.25. The van der Waals surface area contributed by atoms with E-state index in [0.29, 0.717) is 24.9 Å². The van der Waals surface area contributed by atoms with Gasteiger partial charge in [0.15, 0.2) is 11.4 Å². The average Bonchev–Trinajstić information content (AvgIpc) is 2.69. The Balaban J connectivity index is 1.74. The van der Waals surface area contributed by atoms with E-state index in [2.05, 4.69) is 15.2 Å². The maximum Gasteiger partial charge on any atom is 0.274 e. The molecule has 0 bridgehead atoms. The minimum Gasteiger partial charge on any atom is -0.378 e. The van der Waals surface area contributed by atoms with E-state index in [1.807, 2.05) is 42.8 Å². The van der Waals surface area contributed by atoms with Gasteiger partial charge in [-0.1, -0.05) is 17.8 Å². The summed E-state index contributed by atoms with van der Waals surface area (Å²) >= 11 is 1.37. The van der Waals surface area contributed by atoms with E-state index in [1.165, 1.54) is 11.8 Å². The zero-order valence-corrected chi connectivity index (χ0v) is 15.5. The number of thioether (sulfide) groups is 1. The van der Waals surface area contributed by atoms with Crippen LogP contribution in [0.25, 0.3) is 0 Å². The Morgan fingerprint density at radius 1 is 1.27 bits per heavy atom. The Kier molecular flexibility index (Phi) is 6.15. The van der Waals surface area contributed by atoms with Crippen LogP contribution in [-0.4, -0.2) is 55.1 Å². The lowest BCUT2D eigenvalue weighted by Crippen LogP contribution is -2.45. The molecule has 1 fully saturated rings. The number of hydrogen-bond acceptors (Lipinski definition) is 6. The number of morpholine rings is 1. The Morgan fingerprint density at radius 2 is 2.00 bits per heavy atom. The lowest BCUT2D eigenvalue weighted by Gasteiger charge is -2.35. The number of aliphatic imine (C=N–C) groups is 1. The summed E-state index contributed by atoms with van der Waals surface area (Å²) in [5.74, 6) is 0.0327. The Bertz CT molecular complexity index is 748. The van der Waals surface area contributed by atoms with Gasteiger partial charge in [-0.15, -0.1) is 0 Å². The molecule has 136 valence electrons. The number of rotatable bonds is 3. The molecule has 0 spiro atoms. The second kappa shape index (κ2) is 8.74. The van der Waals surface area contributed by atoms with Crippen LogP contribution in [0.15, 0.2) is 41.0 Å². The van der Waals surface area contributed by atoms with Gasteiger partial charge in [-0.25, -0.2) is 4.99 Å². The van der Waals surface area contributed by atoms with Gasteiger partial charge in [0.2, 0.25) is 0 Å². The fourth-order valence-corrected chi connectivity index (χ4v) is 3.31. The van der Waals surface area contributed by atoms with Crippen molar-refractivity contribution in [1.29, 1.82) is 5.26 Å². The topological polar surface area (TPSA) is 81.0 Å². The SMILES string of the molecule is CSC(=Nc1ccc(N2CCC=C(N3CCOCC3)C2=O)cc1)NC#N. The van der Waals surface area contributed by atoms with Crippen molar-refractivity contribution in [3.05, 3.63) is 36.0 Å². The van der Waals surface area contributed by atoms with Crippen molar-refractivity contribution in [2.75, 3.05) is 44.0 Å². The maximum atomic E-state index is 12.9. The van der Waals surface area contributed by atoms with E-state index in [-0.39, 0.29) is 5.91 Å². The number of ether oxygens (including phenoxy) is 1. The second-order valence-corrected chi connectivity index (χ2v) is 6.60. The molecular weight excluding hydrogens is 350 g/mol. The number of nitriles is 1. The van der Waals surface area contributed by atoms with Crippen LogP contribution in [0.5, 0.6) is 0 Å². The van der Waals surface area contributed by atoms with Gasteiger partial charge in [0.1, 0.15) is 0 Å². The summed E-state index contributed by atoms with van der Waals surface area (Å²) in [5.41, 5.74) is 2.35. The lowest BCUT2D eigenvalue weighted by molar-refractivity contribution is -0.117. The van der Waals surface area contributed by atoms with Gasteiger partial charge in [-0.3, -0.25) is 10.1 Å². The molecule has 7 nitrogen and oxygen atoms in total. The molecular formula is C18H21N5O2S. The number of hydrogen-bond donors (Lipinski definition) is 1. The Hall–Kier alpha value is -2.50. The number of anilines is 1. The van der Waals surface area contributed by atoms with E-state index in [1.54, 1.807) is 4.90 Å². The summed E-state index contributed by atoms with van der Waals surface area (Å²) in [4.78, 5) is 21.2. The molecule has 0 aliphatic carbocycles. The maximum absolute atomic E-state index is 12.9. The van der Waals surface area contributed by atoms with Crippen LogP contribution in [-0.2, 0) is 9.53 Å². The van der Waals surface area contributed by atoms with Crippen molar-refractivity contribution in [3.63, 3.8) is 0 Å². The molecule has 1 aromatic carbocycles. The fourth-order valence-electron chi connectivity index (χ4n) is 2.97. The number of nitrogens with zero attached hydrogens (tertiary/aromatic N) is 4. The van der Waals surface area contributed by atoms with Crippen molar-refractivity contribution in [3.8, 4) is 6.19 Å². The molecule has 0 radical (unpaired) electrons.